The molecule has 3 rings (SSSR count). The minimum atomic E-state index is -0.0845. The van der Waals surface area contributed by atoms with Gasteiger partial charge < -0.3 is 15.5 Å². The van der Waals surface area contributed by atoms with E-state index in [9.17, 15) is 4.79 Å². The summed E-state index contributed by atoms with van der Waals surface area (Å²) in [6, 6.07) is 0.361. The van der Waals surface area contributed by atoms with Crippen LogP contribution in [-0.2, 0) is 0 Å². The molecule has 0 spiro atoms. The van der Waals surface area contributed by atoms with Gasteiger partial charge in [-0.05, 0) is 78.2 Å². The smallest absolute Gasteiger partial charge is 0.273 e. The number of hydrogen-bond acceptors (Lipinski definition) is 5. The Hall–Kier alpha value is -1.47. The molecule has 26 heavy (non-hydrogen) atoms. The Morgan fingerprint density at radius 2 is 1.92 bits per heavy atom. The van der Waals surface area contributed by atoms with E-state index < -0.39 is 0 Å². The van der Waals surface area contributed by atoms with Crippen LogP contribution in [0.3, 0.4) is 0 Å². The molecule has 2 aliphatic heterocycles. The molecular weight excluding hydrogens is 328 g/mol. The van der Waals surface area contributed by atoms with E-state index >= 15 is 0 Å². The average Bonchev–Trinajstić information content (AvgIpc) is 3.07. The van der Waals surface area contributed by atoms with Gasteiger partial charge in [-0.25, -0.2) is 4.68 Å². The number of aromatic nitrogens is 3. The van der Waals surface area contributed by atoms with Crippen LogP contribution in [0.2, 0.25) is 0 Å². The van der Waals surface area contributed by atoms with Crippen molar-refractivity contribution in [3.05, 3.63) is 11.4 Å². The molecule has 0 aliphatic carbocycles. The highest BCUT2D eigenvalue weighted by Gasteiger charge is 2.22. The van der Waals surface area contributed by atoms with E-state index in [1.165, 1.54) is 45.3 Å². The van der Waals surface area contributed by atoms with Gasteiger partial charge in [0.2, 0.25) is 0 Å². The van der Waals surface area contributed by atoms with Gasteiger partial charge in [-0.15, -0.1) is 5.10 Å². The number of unbranched alkanes of at least 4 members (excludes halogenated alkanes) is 2. The highest BCUT2D eigenvalue weighted by Crippen LogP contribution is 2.20. The summed E-state index contributed by atoms with van der Waals surface area (Å²) in [4.78, 5) is 15.0. The Labute approximate surface area is 156 Å². The molecule has 0 atom stereocenters. The zero-order valence-electron chi connectivity index (χ0n) is 16.2. The minimum Gasteiger partial charge on any atom is -0.351 e. The van der Waals surface area contributed by atoms with Crippen LogP contribution in [0, 0.1) is 6.92 Å². The monoisotopic (exact) mass is 362 g/mol. The van der Waals surface area contributed by atoms with Crippen LogP contribution in [0.5, 0.6) is 0 Å². The molecule has 2 aliphatic rings. The van der Waals surface area contributed by atoms with Gasteiger partial charge in [0.05, 0.1) is 11.7 Å². The van der Waals surface area contributed by atoms with Crippen molar-refractivity contribution < 1.29 is 4.79 Å². The predicted octanol–water partition coefficient (Wildman–Crippen LogP) is 1.90. The third kappa shape index (κ3) is 5.27. The van der Waals surface area contributed by atoms with Crippen LogP contribution in [0.15, 0.2) is 0 Å². The van der Waals surface area contributed by atoms with E-state index in [1.807, 2.05) is 11.6 Å². The lowest BCUT2D eigenvalue weighted by Crippen LogP contribution is -2.31. The second kappa shape index (κ2) is 10.0. The summed E-state index contributed by atoms with van der Waals surface area (Å²) in [5.41, 5.74) is 1.37. The third-order valence-corrected chi connectivity index (χ3v) is 5.68. The number of nitrogens with zero attached hydrogens (tertiary/aromatic N) is 4. The Kier molecular flexibility index (Phi) is 7.43. The van der Waals surface area contributed by atoms with Crippen molar-refractivity contribution in [3.8, 4) is 0 Å². The Bertz CT molecular complexity index is 560. The summed E-state index contributed by atoms with van der Waals surface area (Å²) in [7, 11) is 0. The van der Waals surface area contributed by atoms with Crippen molar-refractivity contribution in [1.29, 1.82) is 0 Å². The van der Waals surface area contributed by atoms with Crippen molar-refractivity contribution in [2.24, 2.45) is 0 Å². The summed E-state index contributed by atoms with van der Waals surface area (Å²) >= 11 is 0. The first-order chi connectivity index (χ1) is 12.8. The first-order valence-corrected chi connectivity index (χ1v) is 10.4. The standard InChI is InChI=1S/C19H34N6O/c1-16-18(22-23-25(16)17-8-11-20-12-9-17)19(26)21-10-4-2-5-13-24-14-6-3-7-15-24/h17,20H,2-15H2,1H3,(H,21,26). The van der Waals surface area contributed by atoms with Crippen LogP contribution in [0.4, 0.5) is 0 Å². The minimum absolute atomic E-state index is 0.0845. The Morgan fingerprint density at radius 3 is 2.69 bits per heavy atom. The molecule has 146 valence electrons. The fourth-order valence-electron chi connectivity index (χ4n) is 4.05. The van der Waals surface area contributed by atoms with Crippen molar-refractivity contribution in [2.75, 3.05) is 39.3 Å². The molecule has 1 amide bonds. The van der Waals surface area contributed by atoms with Crippen molar-refractivity contribution in [1.82, 2.24) is 30.5 Å². The third-order valence-electron chi connectivity index (χ3n) is 5.68. The summed E-state index contributed by atoms with van der Waals surface area (Å²) in [6.07, 6.45) is 9.61. The van der Waals surface area contributed by atoms with Gasteiger partial charge in [0.25, 0.3) is 5.91 Å². The topological polar surface area (TPSA) is 75.1 Å². The predicted molar refractivity (Wildman–Crippen MR) is 102 cm³/mol. The lowest BCUT2D eigenvalue weighted by molar-refractivity contribution is 0.0947. The molecule has 7 heteroatoms. The average molecular weight is 363 g/mol. The second-order valence-corrected chi connectivity index (χ2v) is 7.67. The first kappa shape index (κ1) is 19.3. The van der Waals surface area contributed by atoms with Gasteiger partial charge >= 0.3 is 0 Å². The molecule has 1 aromatic rings. The molecule has 0 bridgehead atoms. The number of piperidine rings is 2. The fraction of sp³-hybridized carbons (Fsp3) is 0.842. The van der Waals surface area contributed by atoms with Crippen molar-refractivity contribution in [2.45, 2.75) is 64.3 Å². The molecule has 0 radical (unpaired) electrons. The molecule has 0 aromatic carbocycles. The van der Waals surface area contributed by atoms with E-state index in [-0.39, 0.29) is 5.91 Å². The molecule has 3 heterocycles. The molecule has 0 saturated carbocycles. The molecule has 2 N–H and O–H groups in total. The number of carbonyl (C=O) groups is 1. The summed E-state index contributed by atoms with van der Waals surface area (Å²) in [6.45, 7) is 8.42. The second-order valence-electron chi connectivity index (χ2n) is 7.67. The van der Waals surface area contributed by atoms with Crippen LogP contribution in [-0.4, -0.2) is 65.1 Å². The quantitative estimate of drug-likeness (QED) is 0.691. The summed E-state index contributed by atoms with van der Waals surface area (Å²) < 4.78 is 1.94. The van der Waals surface area contributed by atoms with Crippen LogP contribution in [0.25, 0.3) is 0 Å². The van der Waals surface area contributed by atoms with Crippen LogP contribution < -0.4 is 10.6 Å². The van der Waals surface area contributed by atoms with Crippen LogP contribution >= 0.6 is 0 Å². The Balaban J connectivity index is 1.35. The first-order valence-electron chi connectivity index (χ1n) is 10.4. The van der Waals surface area contributed by atoms with Gasteiger partial charge in [0.1, 0.15) is 0 Å². The molecular formula is C19H34N6O. The number of rotatable bonds is 8. The van der Waals surface area contributed by atoms with E-state index in [0.717, 1.165) is 51.0 Å². The SMILES string of the molecule is Cc1c(C(=O)NCCCCCN2CCCCC2)nnn1C1CCNCC1. The van der Waals surface area contributed by atoms with E-state index in [4.69, 9.17) is 0 Å². The van der Waals surface area contributed by atoms with Crippen molar-refractivity contribution in [3.63, 3.8) is 0 Å². The molecule has 2 saturated heterocycles. The van der Waals surface area contributed by atoms with Crippen LogP contribution in [0.1, 0.15) is 73.6 Å². The lowest BCUT2D eigenvalue weighted by atomic mass is 10.1. The number of amides is 1. The highest BCUT2D eigenvalue weighted by atomic mass is 16.2. The van der Waals surface area contributed by atoms with Gasteiger partial charge in [-0.2, -0.15) is 0 Å². The number of hydrogen-bond donors (Lipinski definition) is 2. The summed E-state index contributed by atoms with van der Waals surface area (Å²) in [5, 5.41) is 14.8. The Morgan fingerprint density at radius 1 is 1.15 bits per heavy atom. The van der Waals surface area contributed by atoms with Gasteiger partial charge in [0, 0.05) is 6.54 Å². The molecule has 1 aromatic heterocycles. The number of nitrogens with one attached hydrogen (secondary N) is 2. The molecule has 0 unspecified atom stereocenters. The zero-order valence-corrected chi connectivity index (χ0v) is 16.2. The van der Waals surface area contributed by atoms with E-state index in [0.29, 0.717) is 11.7 Å². The van der Waals surface area contributed by atoms with E-state index in [2.05, 4.69) is 25.8 Å². The van der Waals surface area contributed by atoms with Gasteiger partial charge in [-0.1, -0.05) is 18.1 Å². The summed E-state index contributed by atoms with van der Waals surface area (Å²) in [5.74, 6) is -0.0845. The largest absolute Gasteiger partial charge is 0.351 e. The van der Waals surface area contributed by atoms with Gasteiger partial charge in [-0.3, -0.25) is 4.79 Å². The highest BCUT2D eigenvalue weighted by molar-refractivity contribution is 5.93. The van der Waals surface area contributed by atoms with Crippen molar-refractivity contribution >= 4 is 5.91 Å². The lowest BCUT2D eigenvalue weighted by Gasteiger charge is -2.26. The molecule has 2 fully saturated rings. The maximum absolute atomic E-state index is 12.4. The molecule has 7 nitrogen and oxygen atoms in total. The van der Waals surface area contributed by atoms with Gasteiger partial charge in [0.15, 0.2) is 5.69 Å². The van der Waals surface area contributed by atoms with E-state index in [1.54, 1.807) is 0 Å². The maximum Gasteiger partial charge on any atom is 0.273 e. The number of likely N-dealkylation sites (tertiary alicyclic amines) is 1. The number of carbonyl (C=O) groups excluding carboxylic acids is 1. The fourth-order valence-corrected chi connectivity index (χ4v) is 4.05. The zero-order chi connectivity index (χ0) is 18.2. The normalized spacial score (nSPS) is 19.6. The maximum atomic E-state index is 12.4.